The van der Waals surface area contributed by atoms with Crippen molar-refractivity contribution >= 4 is 97.1 Å². The zero-order chi connectivity index (χ0) is 75.5. The van der Waals surface area contributed by atoms with Gasteiger partial charge in [-0.05, 0) is 251 Å². The van der Waals surface area contributed by atoms with Crippen molar-refractivity contribution in [3.63, 3.8) is 0 Å². The van der Waals surface area contributed by atoms with Crippen LogP contribution in [-0.2, 0) is 0 Å². The summed E-state index contributed by atoms with van der Waals surface area (Å²) in [6, 6.07) is 129. The number of nitriles is 2. The van der Waals surface area contributed by atoms with Crippen LogP contribution in [0.3, 0.4) is 0 Å². The number of hydrogen-bond donors (Lipinski definition) is 0. The molecule has 21 aromatic rings. The Hall–Kier alpha value is -15.7. The van der Waals surface area contributed by atoms with Gasteiger partial charge in [0, 0.05) is 62.6 Å². The molecule has 2 aliphatic rings. The molecule has 5 heterocycles. The molecule has 2 aliphatic heterocycles. The molecular weight excluding hydrogens is 1390 g/mol. The van der Waals surface area contributed by atoms with Crippen molar-refractivity contribution in [1.82, 2.24) is 15.0 Å². The zero-order valence-electron chi connectivity index (χ0n) is 61.3. The van der Waals surface area contributed by atoms with Gasteiger partial charge in [-0.3, -0.25) is 9.97 Å². The summed E-state index contributed by atoms with van der Waals surface area (Å²) in [5.74, 6) is 3.06. The van der Waals surface area contributed by atoms with Crippen LogP contribution in [-0.4, -0.2) is 15.0 Å². The fraction of sp³-hybridized carbons (Fsp3) is 0. The van der Waals surface area contributed by atoms with Crippen molar-refractivity contribution in [2.75, 3.05) is 0 Å². The Labute approximate surface area is 656 Å². The van der Waals surface area contributed by atoms with Gasteiger partial charge in [0.15, 0.2) is 0 Å². The van der Waals surface area contributed by atoms with Gasteiger partial charge in [-0.25, -0.2) is 4.98 Å². The smallest absolute Gasteiger partial charge is 0.136 e. The maximum Gasteiger partial charge on any atom is 0.136 e. The summed E-state index contributed by atoms with van der Waals surface area (Å²) in [6.45, 7) is 0. The lowest BCUT2D eigenvalue weighted by molar-refractivity contribution is 0.486. The number of rotatable bonds is 8. The Morgan fingerprint density at radius 1 is 0.219 bits per heavy atom. The maximum absolute atomic E-state index is 9.48. The Kier molecular flexibility index (Phi) is 15.3. The van der Waals surface area contributed by atoms with Crippen molar-refractivity contribution in [2.45, 2.75) is 0 Å². The van der Waals surface area contributed by atoms with Gasteiger partial charge in [0.25, 0.3) is 0 Å². The van der Waals surface area contributed by atoms with Gasteiger partial charge >= 0.3 is 0 Å². The molecule has 3 aromatic heterocycles. The summed E-state index contributed by atoms with van der Waals surface area (Å²) in [4.78, 5) is 14.1. The summed E-state index contributed by atoms with van der Waals surface area (Å²) < 4.78 is 12.7. The minimum atomic E-state index is 0.587. The highest BCUT2D eigenvalue weighted by molar-refractivity contribution is 6.26. The Morgan fingerprint density at radius 3 is 1.04 bits per heavy atom. The van der Waals surface area contributed by atoms with E-state index in [1.807, 2.05) is 91.4 Å². The summed E-state index contributed by atoms with van der Waals surface area (Å²) in [5, 5.41) is 39.2. The molecule has 0 aliphatic carbocycles. The van der Waals surface area contributed by atoms with E-state index in [4.69, 9.17) is 19.4 Å². The molecule has 0 N–H and O–H groups in total. The predicted molar refractivity (Wildman–Crippen MR) is 468 cm³/mol. The summed E-state index contributed by atoms with van der Waals surface area (Å²) >= 11 is 0. The minimum Gasteiger partial charge on any atom is -0.456 e. The van der Waals surface area contributed by atoms with Gasteiger partial charge in [0.2, 0.25) is 0 Å². The molecule has 0 fully saturated rings. The standard InChI is InChI=1S/C56H32N2O.C51H29N3O/c57-33-34-17-26-46-48-28-27-40(47-15-6-16-53(55(47)48)59-54(46)30-34)35-18-22-37(23-19-35)49-31-51-45-13-4-2-11-43(45)50(32-52(51)44-12-3-1-10-42(44)49)38-24-20-36(21-25-38)41-14-5-8-39-9-7-29-58-56(39)41;52-30-31-15-20-40-42-22-21-35(41-11-5-14-49(51(41)42)55-50(40)27-31)32-16-18-33(19-17-32)43-28-44-38-9-3-4-10-39(38)46(29-45(44)37-8-2-1-7-36(37)43)48-13-6-12-47(54-48)34-23-25-53-26-24-34/h1-32H;1-29H. The van der Waals surface area contributed by atoms with Crippen molar-refractivity contribution in [3.05, 3.63) is 382 Å². The topological polar surface area (TPSA) is 105 Å². The molecule has 0 radical (unpaired) electrons. The third-order valence-electron chi connectivity index (χ3n) is 23.2. The fourth-order valence-electron chi connectivity index (χ4n) is 17.8. The average molecular weight is 1450 g/mol. The van der Waals surface area contributed by atoms with Crippen molar-refractivity contribution in [3.8, 4) is 147 Å². The molecule has 18 aromatic carbocycles. The van der Waals surface area contributed by atoms with Crippen LogP contribution in [0, 0.1) is 22.7 Å². The number of para-hydroxylation sites is 1. The fourth-order valence-corrected chi connectivity index (χ4v) is 17.8. The van der Waals surface area contributed by atoms with Gasteiger partial charge in [-0.1, -0.05) is 249 Å². The third kappa shape index (κ3) is 10.8. The highest BCUT2D eigenvalue weighted by atomic mass is 16.5. The van der Waals surface area contributed by atoms with Crippen molar-refractivity contribution in [1.29, 1.82) is 10.5 Å². The number of benzene rings is 18. The molecule has 7 heteroatoms. The summed E-state index contributed by atoms with van der Waals surface area (Å²) in [5.41, 5.74) is 24.5. The van der Waals surface area contributed by atoms with Gasteiger partial charge in [-0.15, -0.1) is 0 Å². The van der Waals surface area contributed by atoms with Crippen LogP contribution in [0.5, 0.6) is 23.0 Å². The van der Waals surface area contributed by atoms with Crippen molar-refractivity contribution in [2.24, 2.45) is 0 Å². The maximum atomic E-state index is 9.48. The lowest BCUT2D eigenvalue weighted by Crippen LogP contribution is -1.98. The summed E-state index contributed by atoms with van der Waals surface area (Å²) in [7, 11) is 0. The third-order valence-corrected chi connectivity index (χ3v) is 23.2. The van der Waals surface area contributed by atoms with E-state index in [1.165, 1.54) is 92.5 Å². The SMILES string of the molecule is N#Cc1ccc2c(c1)Oc1cccc3c(-c4ccc(-c5cc6c7ccccc7c(-c7ccc(-c8cccc9cccnc89)cc7)cc6c6ccccc56)cc4)ccc-2c13.N#Cc1ccc2c(c1)Oc1cccc3c(-c4ccc(-c5cc6c7ccccc7c(-c7cccc(-c8ccncc8)n7)cc6c6ccccc56)cc4)ccc-2c13. The molecule has 0 bridgehead atoms. The van der Waals surface area contributed by atoms with E-state index >= 15 is 0 Å². The first-order chi connectivity index (χ1) is 56.4. The van der Waals surface area contributed by atoms with E-state index in [-0.39, 0.29) is 0 Å². The van der Waals surface area contributed by atoms with Crippen LogP contribution < -0.4 is 9.47 Å². The van der Waals surface area contributed by atoms with Gasteiger partial charge in [0.05, 0.1) is 40.2 Å². The molecule has 0 spiro atoms. The monoisotopic (exact) mass is 1450 g/mol. The number of ether oxygens (including phenoxy) is 2. The molecule has 0 unspecified atom stereocenters. The lowest BCUT2D eigenvalue weighted by Gasteiger charge is -2.22. The largest absolute Gasteiger partial charge is 0.456 e. The quantitative estimate of drug-likeness (QED) is 0.140. The van der Waals surface area contributed by atoms with Crippen LogP contribution in [0.1, 0.15) is 11.1 Å². The van der Waals surface area contributed by atoms with E-state index in [0.29, 0.717) is 11.1 Å². The first kappa shape index (κ1) is 65.4. The van der Waals surface area contributed by atoms with Gasteiger partial charge < -0.3 is 9.47 Å². The second-order valence-corrected chi connectivity index (χ2v) is 29.4. The molecule has 23 rings (SSSR count). The first-order valence-electron chi connectivity index (χ1n) is 38.3. The van der Waals surface area contributed by atoms with Gasteiger partial charge in [-0.2, -0.15) is 10.5 Å². The predicted octanol–water partition coefficient (Wildman–Crippen LogP) is 28.6. The normalized spacial score (nSPS) is 11.8. The van der Waals surface area contributed by atoms with Crippen molar-refractivity contribution < 1.29 is 9.47 Å². The van der Waals surface area contributed by atoms with E-state index in [0.717, 1.165) is 139 Å². The highest BCUT2D eigenvalue weighted by Gasteiger charge is 2.26. The van der Waals surface area contributed by atoms with Crippen LogP contribution >= 0.6 is 0 Å². The number of nitrogens with zero attached hydrogens (tertiary/aromatic N) is 5. The van der Waals surface area contributed by atoms with Crippen LogP contribution in [0.15, 0.2) is 370 Å². The Balaban J connectivity index is 0.000000139. The molecular formula is C107H61N5O2. The number of fused-ring (bicyclic) bond motifs is 15. The molecule has 7 nitrogen and oxygen atoms in total. The number of pyridine rings is 3. The van der Waals surface area contributed by atoms with E-state index < -0.39 is 0 Å². The lowest BCUT2D eigenvalue weighted by atomic mass is 9.87. The number of aromatic nitrogens is 3. The van der Waals surface area contributed by atoms with Crippen LogP contribution in [0.25, 0.3) is 209 Å². The molecule has 0 saturated heterocycles. The molecule has 0 amide bonds. The highest BCUT2D eigenvalue weighted by Crippen LogP contribution is 2.53. The van der Waals surface area contributed by atoms with Gasteiger partial charge in [0.1, 0.15) is 23.0 Å². The Bertz CT molecular complexity index is 7730. The second-order valence-electron chi connectivity index (χ2n) is 29.4. The van der Waals surface area contributed by atoms with E-state index in [1.54, 1.807) is 0 Å². The molecule has 0 saturated carbocycles. The second kappa shape index (κ2) is 26.6. The molecule has 526 valence electrons. The summed E-state index contributed by atoms with van der Waals surface area (Å²) in [6.07, 6.45) is 5.49. The number of hydrogen-bond acceptors (Lipinski definition) is 7. The van der Waals surface area contributed by atoms with Crippen LogP contribution in [0.4, 0.5) is 0 Å². The first-order valence-corrected chi connectivity index (χ1v) is 38.3. The zero-order valence-corrected chi connectivity index (χ0v) is 61.3. The molecule has 114 heavy (non-hydrogen) atoms. The van der Waals surface area contributed by atoms with E-state index in [9.17, 15) is 10.5 Å². The Morgan fingerprint density at radius 2 is 0.579 bits per heavy atom. The van der Waals surface area contributed by atoms with E-state index in [2.05, 4.69) is 296 Å². The minimum absolute atomic E-state index is 0.587. The average Bonchev–Trinajstić information content (AvgIpc) is 0.736. The molecule has 0 atom stereocenters. The van der Waals surface area contributed by atoms with Crippen LogP contribution in [0.2, 0.25) is 0 Å².